The van der Waals surface area contributed by atoms with Gasteiger partial charge in [-0.2, -0.15) is 0 Å². The van der Waals surface area contributed by atoms with Crippen molar-refractivity contribution in [2.24, 2.45) is 0 Å². The van der Waals surface area contributed by atoms with Gasteiger partial charge in [-0.25, -0.2) is 0 Å². The van der Waals surface area contributed by atoms with Crippen LogP contribution in [-0.2, 0) is 6.54 Å². The van der Waals surface area contributed by atoms with Crippen LogP contribution in [0.5, 0.6) is 0 Å². The van der Waals surface area contributed by atoms with Crippen molar-refractivity contribution >= 4 is 44.8 Å². The van der Waals surface area contributed by atoms with Crippen LogP contribution < -0.4 is 4.87 Å². The molecule has 5 heteroatoms. The van der Waals surface area contributed by atoms with Crippen molar-refractivity contribution in [1.29, 1.82) is 0 Å². The Morgan fingerprint density at radius 2 is 2.20 bits per heavy atom. The van der Waals surface area contributed by atoms with Gasteiger partial charge in [-0.15, -0.1) is 11.6 Å². The standard InChI is InChI=1S/C10H9Cl2NOS/c11-4-1-5-13-8-6-7(12)2-3-9(8)15-10(13)14/h2-3,6H,1,4-5H2. The summed E-state index contributed by atoms with van der Waals surface area (Å²) in [4.78, 5) is 11.7. The summed E-state index contributed by atoms with van der Waals surface area (Å²) in [5, 5.41) is 0.653. The minimum atomic E-state index is 0.0531. The van der Waals surface area contributed by atoms with E-state index in [9.17, 15) is 4.79 Å². The molecule has 0 aliphatic carbocycles. The second kappa shape index (κ2) is 4.56. The number of hydrogen-bond donors (Lipinski definition) is 0. The molecule has 0 spiro atoms. The number of alkyl halides is 1. The van der Waals surface area contributed by atoms with Crippen molar-refractivity contribution in [1.82, 2.24) is 4.57 Å². The lowest BCUT2D eigenvalue weighted by molar-refractivity contribution is 0.694. The highest BCUT2D eigenvalue weighted by Crippen LogP contribution is 2.21. The molecule has 2 nitrogen and oxygen atoms in total. The molecule has 2 aromatic rings. The Balaban J connectivity index is 2.55. The first-order chi connectivity index (χ1) is 7.22. The van der Waals surface area contributed by atoms with E-state index in [4.69, 9.17) is 23.2 Å². The fourth-order valence-corrected chi connectivity index (χ4v) is 2.65. The minimum Gasteiger partial charge on any atom is -0.299 e. The molecule has 15 heavy (non-hydrogen) atoms. The van der Waals surface area contributed by atoms with E-state index in [0.717, 1.165) is 16.6 Å². The maximum atomic E-state index is 11.7. The Labute approximate surface area is 101 Å². The Morgan fingerprint density at radius 3 is 2.93 bits per heavy atom. The SMILES string of the molecule is O=c1sc2ccc(Cl)cc2n1CCCCl. The van der Waals surface area contributed by atoms with E-state index >= 15 is 0 Å². The summed E-state index contributed by atoms with van der Waals surface area (Å²) in [6, 6.07) is 5.50. The number of fused-ring (bicyclic) bond motifs is 1. The lowest BCUT2D eigenvalue weighted by atomic mass is 10.3. The van der Waals surface area contributed by atoms with Crippen molar-refractivity contribution in [2.75, 3.05) is 5.88 Å². The molecule has 1 aromatic carbocycles. The highest BCUT2D eigenvalue weighted by atomic mass is 35.5. The topological polar surface area (TPSA) is 22.0 Å². The normalized spacial score (nSPS) is 11.1. The van der Waals surface area contributed by atoms with Gasteiger partial charge in [-0.05, 0) is 24.6 Å². The zero-order valence-electron chi connectivity index (χ0n) is 7.87. The third-order valence-electron chi connectivity index (χ3n) is 2.14. The summed E-state index contributed by atoms with van der Waals surface area (Å²) in [7, 11) is 0. The number of aryl methyl sites for hydroxylation is 1. The molecule has 0 amide bonds. The van der Waals surface area contributed by atoms with E-state index in [1.165, 1.54) is 11.3 Å². The molecular formula is C10H9Cl2NOS. The van der Waals surface area contributed by atoms with E-state index in [1.54, 1.807) is 10.6 Å². The fourth-order valence-electron chi connectivity index (χ4n) is 1.46. The maximum absolute atomic E-state index is 11.7. The summed E-state index contributed by atoms with van der Waals surface area (Å²) in [5.41, 5.74) is 0.905. The molecular weight excluding hydrogens is 253 g/mol. The molecule has 0 bridgehead atoms. The van der Waals surface area contributed by atoms with E-state index < -0.39 is 0 Å². The molecule has 0 unspecified atom stereocenters. The summed E-state index contributed by atoms with van der Waals surface area (Å²) in [6.07, 6.45) is 0.791. The molecule has 0 fully saturated rings. The summed E-state index contributed by atoms with van der Waals surface area (Å²) in [5.74, 6) is 0.560. The molecule has 0 aliphatic heterocycles. The molecule has 1 heterocycles. The van der Waals surface area contributed by atoms with Gasteiger partial charge in [0, 0.05) is 17.4 Å². The first-order valence-corrected chi connectivity index (χ1v) is 6.30. The third-order valence-corrected chi connectivity index (χ3v) is 3.61. The van der Waals surface area contributed by atoms with Crippen LogP contribution in [0.25, 0.3) is 10.2 Å². The van der Waals surface area contributed by atoms with Gasteiger partial charge in [0.25, 0.3) is 0 Å². The Morgan fingerprint density at radius 1 is 1.40 bits per heavy atom. The van der Waals surface area contributed by atoms with Crippen molar-refractivity contribution in [3.05, 3.63) is 32.9 Å². The lowest BCUT2D eigenvalue weighted by Crippen LogP contribution is -2.12. The Kier molecular flexibility index (Phi) is 3.34. The van der Waals surface area contributed by atoms with Crippen LogP contribution in [0.2, 0.25) is 5.02 Å². The molecule has 0 atom stereocenters. The quantitative estimate of drug-likeness (QED) is 0.777. The van der Waals surface area contributed by atoms with Crippen LogP contribution in [0.15, 0.2) is 23.0 Å². The summed E-state index contributed by atoms with van der Waals surface area (Å²) >= 11 is 12.8. The smallest absolute Gasteiger partial charge is 0.299 e. The number of benzene rings is 1. The van der Waals surface area contributed by atoms with E-state index in [1.807, 2.05) is 12.1 Å². The van der Waals surface area contributed by atoms with Crippen LogP contribution >= 0.6 is 34.5 Å². The number of aromatic nitrogens is 1. The highest BCUT2D eigenvalue weighted by molar-refractivity contribution is 7.16. The largest absolute Gasteiger partial charge is 0.308 e. The number of halogens is 2. The second-order valence-electron chi connectivity index (χ2n) is 3.17. The molecule has 80 valence electrons. The van der Waals surface area contributed by atoms with Gasteiger partial charge < -0.3 is 0 Å². The van der Waals surface area contributed by atoms with Crippen LogP contribution in [0.4, 0.5) is 0 Å². The summed E-state index contributed by atoms with van der Waals surface area (Å²) < 4.78 is 2.70. The fraction of sp³-hybridized carbons (Fsp3) is 0.300. The molecule has 0 radical (unpaired) electrons. The zero-order chi connectivity index (χ0) is 10.8. The van der Waals surface area contributed by atoms with Crippen molar-refractivity contribution in [3.63, 3.8) is 0 Å². The van der Waals surface area contributed by atoms with E-state index in [-0.39, 0.29) is 4.87 Å². The van der Waals surface area contributed by atoms with E-state index in [2.05, 4.69) is 0 Å². The maximum Gasteiger partial charge on any atom is 0.308 e. The molecule has 0 N–H and O–H groups in total. The molecule has 1 aromatic heterocycles. The zero-order valence-corrected chi connectivity index (χ0v) is 10.2. The van der Waals surface area contributed by atoms with Crippen molar-refractivity contribution in [3.8, 4) is 0 Å². The Hall–Kier alpha value is -0.510. The second-order valence-corrected chi connectivity index (χ2v) is 4.98. The van der Waals surface area contributed by atoms with Gasteiger partial charge in [0.1, 0.15) is 0 Å². The minimum absolute atomic E-state index is 0.0531. The van der Waals surface area contributed by atoms with Crippen molar-refractivity contribution < 1.29 is 0 Å². The molecule has 2 rings (SSSR count). The molecule has 0 saturated carbocycles. The van der Waals surface area contributed by atoms with E-state index in [0.29, 0.717) is 17.4 Å². The third kappa shape index (κ3) is 2.19. The highest BCUT2D eigenvalue weighted by Gasteiger charge is 2.06. The monoisotopic (exact) mass is 261 g/mol. The van der Waals surface area contributed by atoms with Gasteiger partial charge in [0.05, 0.1) is 10.2 Å². The molecule has 0 saturated heterocycles. The Bertz CT molecular complexity index is 532. The summed E-state index contributed by atoms with van der Waals surface area (Å²) in [6.45, 7) is 0.655. The number of hydrogen-bond acceptors (Lipinski definition) is 2. The van der Waals surface area contributed by atoms with Gasteiger partial charge in [0.15, 0.2) is 0 Å². The van der Waals surface area contributed by atoms with Crippen LogP contribution in [-0.4, -0.2) is 10.4 Å². The lowest BCUT2D eigenvalue weighted by Gasteiger charge is -2.01. The average molecular weight is 262 g/mol. The first-order valence-electron chi connectivity index (χ1n) is 4.57. The first kappa shape index (κ1) is 11.0. The number of rotatable bonds is 3. The van der Waals surface area contributed by atoms with Crippen molar-refractivity contribution in [2.45, 2.75) is 13.0 Å². The van der Waals surface area contributed by atoms with Crippen LogP contribution in [0, 0.1) is 0 Å². The average Bonchev–Trinajstić information content (AvgIpc) is 2.51. The molecule has 0 aliphatic rings. The van der Waals surface area contributed by atoms with Gasteiger partial charge in [0.2, 0.25) is 0 Å². The predicted octanol–water partition coefficient (Wildman–Crippen LogP) is 3.35. The van der Waals surface area contributed by atoms with Crippen LogP contribution in [0.3, 0.4) is 0 Å². The van der Waals surface area contributed by atoms with Gasteiger partial charge in [-0.1, -0.05) is 22.9 Å². The van der Waals surface area contributed by atoms with Crippen LogP contribution in [0.1, 0.15) is 6.42 Å². The predicted molar refractivity (Wildman–Crippen MR) is 66.4 cm³/mol. The van der Waals surface area contributed by atoms with Gasteiger partial charge in [-0.3, -0.25) is 9.36 Å². The number of thiazole rings is 1. The van der Waals surface area contributed by atoms with Gasteiger partial charge >= 0.3 is 4.87 Å². The number of nitrogens with zero attached hydrogens (tertiary/aromatic N) is 1.